The van der Waals surface area contributed by atoms with Crippen molar-refractivity contribution in [1.29, 1.82) is 0 Å². The number of hydrogen-bond donors (Lipinski definition) is 1. The summed E-state index contributed by atoms with van der Waals surface area (Å²) in [5.41, 5.74) is 3.85. The fraction of sp³-hybridized carbons (Fsp3) is 0.444. The molecule has 6 heteroatoms. The first kappa shape index (κ1) is 23.1. The van der Waals surface area contributed by atoms with E-state index in [1.807, 2.05) is 19.9 Å². The van der Waals surface area contributed by atoms with Crippen LogP contribution in [0.25, 0.3) is 22.2 Å². The number of pyridine rings is 2. The average Bonchev–Trinajstić information content (AvgIpc) is 2.78. The van der Waals surface area contributed by atoms with Crippen LogP contribution < -0.4 is 5.56 Å². The van der Waals surface area contributed by atoms with E-state index in [0.717, 1.165) is 42.5 Å². The first-order valence-electron chi connectivity index (χ1n) is 12.0. The molecule has 0 saturated carbocycles. The van der Waals surface area contributed by atoms with E-state index in [1.54, 1.807) is 23.6 Å². The van der Waals surface area contributed by atoms with Gasteiger partial charge in [-0.25, -0.2) is 9.37 Å². The molecule has 2 heterocycles. The highest BCUT2D eigenvalue weighted by atomic mass is 19.1. The molecule has 0 aliphatic heterocycles. The summed E-state index contributed by atoms with van der Waals surface area (Å²) < 4.78 is 16.9. The molecule has 0 fully saturated rings. The first-order valence-corrected chi connectivity index (χ1v) is 12.0. The van der Waals surface area contributed by atoms with Crippen LogP contribution in [-0.4, -0.2) is 20.6 Å². The van der Waals surface area contributed by atoms with Crippen molar-refractivity contribution < 1.29 is 14.3 Å². The van der Waals surface area contributed by atoms with Crippen LogP contribution in [0.2, 0.25) is 0 Å². The van der Waals surface area contributed by atoms with Crippen molar-refractivity contribution in [3.63, 3.8) is 0 Å². The molecule has 4 rings (SSSR count). The Labute approximate surface area is 193 Å². The molecule has 1 unspecified atom stereocenters. The van der Waals surface area contributed by atoms with E-state index in [2.05, 4.69) is 0 Å². The van der Waals surface area contributed by atoms with Crippen molar-refractivity contribution in [3.8, 4) is 11.1 Å². The van der Waals surface area contributed by atoms with Gasteiger partial charge < -0.3 is 5.11 Å². The number of benzene rings is 1. The molecule has 1 aliphatic rings. The molecule has 3 aromatic rings. The van der Waals surface area contributed by atoms with Gasteiger partial charge in [0.25, 0.3) is 5.56 Å². The van der Waals surface area contributed by atoms with Gasteiger partial charge in [-0.2, -0.15) is 0 Å². The van der Waals surface area contributed by atoms with E-state index < -0.39 is 17.7 Å². The SMILES string of the molecule is CCCC(C(=O)O)c1c(-c2ccc(C)cc2F)c2cc3c(nc2n(CCC)c1=O)CCCC3. The summed E-state index contributed by atoms with van der Waals surface area (Å²) in [5.74, 6) is -2.53. The number of hydrogen-bond acceptors (Lipinski definition) is 3. The van der Waals surface area contributed by atoms with Gasteiger partial charge in [-0.1, -0.05) is 32.4 Å². The van der Waals surface area contributed by atoms with Gasteiger partial charge in [-0.05, 0) is 68.7 Å². The van der Waals surface area contributed by atoms with Crippen LogP contribution in [0.3, 0.4) is 0 Å². The third-order valence-electron chi connectivity index (χ3n) is 6.62. The van der Waals surface area contributed by atoms with E-state index in [1.165, 1.54) is 6.07 Å². The molecular formula is C27H31FN2O3. The predicted octanol–water partition coefficient (Wildman–Crippen LogP) is 5.77. The number of aromatic nitrogens is 2. The normalized spacial score (nSPS) is 14.3. The lowest BCUT2D eigenvalue weighted by molar-refractivity contribution is -0.139. The Hall–Kier alpha value is -3.02. The molecule has 1 aliphatic carbocycles. The minimum absolute atomic E-state index is 0.172. The molecule has 1 N–H and O–H groups in total. The number of rotatable bonds is 7. The van der Waals surface area contributed by atoms with Gasteiger partial charge in [-0.3, -0.25) is 14.2 Å². The molecule has 0 saturated heterocycles. The van der Waals surface area contributed by atoms with Gasteiger partial charge in [0.2, 0.25) is 0 Å². The molecule has 0 spiro atoms. The monoisotopic (exact) mass is 450 g/mol. The summed E-state index contributed by atoms with van der Waals surface area (Å²) in [6.07, 6.45) is 5.46. The van der Waals surface area contributed by atoms with Crippen molar-refractivity contribution in [1.82, 2.24) is 9.55 Å². The van der Waals surface area contributed by atoms with Gasteiger partial charge in [-0.15, -0.1) is 0 Å². The molecular weight excluding hydrogens is 419 g/mol. The zero-order valence-corrected chi connectivity index (χ0v) is 19.6. The lowest BCUT2D eigenvalue weighted by atomic mass is 9.85. The van der Waals surface area contributed by atoms with Crippen molar-refractivity contribution >= 4 is 17.0 Å². The number of halogens is 1. The Morgan fingerprint density at radius 3 is 2.61 bits per heavy atom. The zero-order valence-electron chi connectivity index (χ0n) is 19.6. The van der Waals surface area contributed by atoms with Gasteiger partial charge in [0.15, 0.2) is 0 Å². The summed E-state index contributed by atoms with van der Waals surface area (Å²) >= 11 is 0. The van der Waals surface area contributed by atoms with Crippen LogP contribution >= 0.6 is 0 Å². The van der Waals surface area contributed by atoms with Gasteiger partial charge >= 0.3 is 5.97 Å². The minimum atomic E-state index is -1.06. The number of nitrogens with zero attached hydrogens (tertiary/aromatic N) is 2. The third-order valence-corrected chi connectivity index (χ3v) is 6.62. The van der Waals surface area contributed by atoms with Gasteiger partial charge in [0.1, 0.15) is 11.5 Å². The summed E-state index contributed by atoms with van der Waals surface area (Å²) in [7, 11) is 0. The molecule has 1 aromatic carbocycles. The summed E-state index contributed by atoms with van der Waals surface area (Å²) in [6, 6.07) is 6.93. The van der Waals surface area contributed by atoms with E-state index in [-0.39, 0.29) is 16.7 Å². The Bertz CT molecular complexity index is 1280. The number of aryl methyl sites for hydroxylation is 4. The van der Waals surface area contributed by atoms with Gasteiger partial charge in [0.05, 0.1) is 5.92 Å². The third kappa shape index (κ3) is 4.19. The number of fused-ring (bicyclic) bond motifs is 2. The molecule has 174 valence electrons. The van der Waals surface area contributed by atoms with Crippen LogP contribution in [0.4, 0.5) is 4.39 Å². The van der Waals surface area contributed by atoms with E-state index >= 15 is 4.39 Å². The molecule has 0 bridgehead atoms. The van der Waals surface area contributed by atoms with Crippen LogP contribution in [0.1, 0.15) is 74.3 Å². The number of carbonyl (C=O) groups is 1. The van der Waals surface area contributed by atoms with Crippen molar-refractivity contribution in [2.24, 2.45) is 0 Å². The lowest BCUT2D eigenvalue weighted by Crippen LogP contribution is -2.31. The maximum atomic E-state index is 15.3. The highest BCUT2D eigenvalue weighted by molar-refractivity contribution is 5.97. The number of carboxylic acids is 1. The second-order valence-electron chi connectivity index (χ2n) is 9.08. The largest absolute Gasteiger partial charge is 0.481 e. The van der Waals surface area contributed by atoms with Crippen molar-refractivity contribution in [2.75, 3.05) is 0 Å². The highest BCUT2D eigenvalue weighted by Crippen LogP contribution is 2.38. The molecule has 0 radical (unpaired) electrons. The highest BCUT2D eigenvalue weighted by Gasteiger charge is 2.31. The Kier molecular flexibility index (Phi) is 6.63. The van der Waals surface area contributed by atoms with E-state index in [9.17, 15) is 14.7 Å². The summed E-state index contributed by atoms with van der Waals surface area (Å²) in [5, 5.41) is 10.8. The first-order chi connectivity index (χ1) is 15.9. The second-order valence-corrected chi connectivity index (χ2v) is 9.08. The molecule has 33 heavy (non-hydrogen) atoms. The predicted molar refractivity (Wildman–Crippen MR) is 128 cm³/mol. The second kappa shape index (κ2) is 9.46. The van der Waals surface area contributed by atoms with Crippen LogP contribution in [0, 0.1) is 12.7 Å². The van der Waals surface area contributed by atoms with Crippen molar-refractivity contribution in [2.45, 2.75) is 78.2 Å². The maximum absolute atomic E-state index is 15.3. The summed E-state index contributed by atoms with van der Waals surface area (Å²) in [6.45, 7) is 6.11. The fourth-order valence-corrected chi connectivity index (χ4v) is 5.05. The van der Waals surface area contributed by atoms with Crippen LogP contribution in [0.15, 0.2) is 29.1 Å². The Balaban J connectivity index is 2.20. The van der Waals surface area contributed by atoms with Crippen molar-refractivity contribution in [3.05, 3.63) is 62.8 Å². The minimum Gasteiger partial charge on any atom is -0.481 e. The zero-order chi connectivity index (χ0) is 23.7. The van der Waals surface area contributed by atoms with E-state index in [4.69, 9.17) is 4.98 Å². The summed E-state index contributed by atoms with van der Waals surface area (Å²) in [4.78, 5) is 31.1. The molecule has 1 atom stereocenters. The quantitative estimate of drug-likeness (QED) is 0.496. The Morgan fingerprint density at radius 1 is 1.18 bits per heavy atom. The topological polar surface area (TPSA) is 72.2 Å². The maximum Gasteiger partial charge on any atom is 0.311 e. The molecule has 5 nitrogen and oxygen atoms in total. The Morgan fingerprint density at radius 2 is 1.94 bits per heavy atom. The fourth-order valence-electron chi connectivity index (χ4n) is 5.05. The van der Waals surface area contributed by atoms with Crippen LogP contribution in [-0.2, 0) is 24.2 Å². The number of carboxylic acid groups (broad SMARTS) is 1. The number of aliphatic carboxylic acids is 1. The average molecular weight is 451 g/mol. The standard InChI is InChI=1S/C27H31FN2O3/c1-4-8-19(27(32)33)24-23(18-12-11-16(3)14-21(18)28)20-15-17-9-6-7-10-22(17)29-25(20)30(13-5-2)26(24)31/h11-12,14-15,19H,4-10,13H2,1-3H3,(H,32,33). The van der Waals surface area contributed by atoms with E-state index in [0.29, 0.717) is 42.4 Å². The van der Waals surface area contributed by atoms with Gasteiger partial charge in [0, 0.05) is 34.3 Å². The lowest BCUT2D eigenvalue weighted by Gasteiger charge is -2.24. The molecule has 0 amide bonds. The van der Waals surface area contributed by atoms with Crippen LogP contribution in [0.5, 0.6) is 0 Å². The smallest absolute Gasteiger partial charge is 0.311 e. The molecule has 2 aromatic heterocycles.